The van der Waals surface area contributed by atoms with Crippen LogP contribution in [0.1, 0.15) is 13.8 Å². The van der Waals surface area contributed by atoms with Crippen LogP contribution in [0.3, 0.4) is 0 Å². The third kappa shape index (κ3) is 3.15. The average Bonchev–Trinajstić information content (AvgIpc) is 2.46. The second-order valence-corrected chi connectivity index (χ2v) is 5.51. The molecule has 2 heterocycles. The topological polar surface area (TPSA) is 45.7 Å². The second-order valence-electron chi connectivity index (χ2n) is 5.13. The van der Waals surface area contributed by atoms with Gasteiger partial charge in [-0.1, -0.05) is 25.4 Å². The summed E-state index contributed by atoms with van der Waals surface area (Å²) in [5.74, 6) is 1.70. The number of methoxy groups -OCH3 is 1. The first-order valence-electron chi connectivity index (χ1n) is 6.77. The molecule has 0 aliphatic carbocycles. The van der Waals surface area contributed by atoms with E-state index in [-0.39, 0.29) is 11.8 Å². The molecule has 1 saturated heterocycles. The van der Waals surface area contributed by atoms with Gasteiger partial charge in [0.1, 0.15) is 5.15 Å². The normalized spacial score (nSPS) is 15.7. The molecule has 1 amide bonds. The summed E-state index contributed by atoms with van der Waals surface area (Å²) in [7, 11) is 1.62. The van der Waals surface area contributed by atoms with E-state index in [1.54, 1.807) is 13.2 Å². The third-order valence-corrected chi connectivity index (χ3v) is 3.62. The molecule has 5 nitrogen and oxygen atoms in total. The molecule has 0 saturated carbocycles. The maximum atomic E-state index is 12.0. The number of piperazine rings is 1. The summed E-state index contributed by atoms with van der Waals surface area (Å²) in [6.45, 7) is 6.74. The molecule has 1 fully saturated rings. The highest BCUT2D eigenvalue weighted by atomic mass is 35.5. The Labute approximate surface area is 124 Å². The summed E-state index contributed by atoms with van der Waals surface area (Å²) in [5.41, 5.74) is 0. The van der Waals surface area contributed by atoms with Crippen LogP contribution in [0.25, 0.3) is 0 Å². The molecule has 20 heavy (non-hydrogen) atoms. The van der Waals surface area contributed by atoms with E-state index in [4.69, 9.17) is 16.3 Å². The molecule has 0 atom stereocenters. The van der Waals surface area contributed by atoms with Crippen molar-refractivity contribution < 1.29 is 9.53 Å². The maximum Gasteiger partial charge on any atom is 0.225 e. The molecule has 1 aliphatic heterocycles. The van der Waals surface area contributed by atoms with Crippen molar-refractivity contribution in [1.29, 1.82) is 0 Å². The fraction of sp³-hybridized carbons (Fsp3) is 0.571. The smallest absolute Gasteiger partial charge is 0.225 e. The van der Waals surface area contributed by atoms with Crippen LogP contribution < -0.4 is 9.64 Å². The Bertz CT molecular complexity index is 485. The zero-order valence-electron chi connectivity index (χ0n) is 12.1. The lowest BCUT2D eigenvalue weighted by Gasteiger charge is -2.36. The van der Waals surface area contributed by atoms with Crippen molar-refractivity contribution in [2.75, 3.05) is 38.2 Å². The first-order valence-corrected chi connectivity index (χ1v) is 7.15. The molecule has 1 aliphatic rings. The third-order valence-electron chi connectivity index (χ3n) is 3.41. The summed E-state index contributed by atoms with van der Waals surface area (Å²) in [4.78, 5) is 20.3. The van der Waals surface area contributed by atoms with Crippen molar-refractivity contribution in [3.05, 3.63) is 17.3 Å². The monoisotopic (exact) mass is 297 g/mol. The number of hydrogen-bond acceptors (Lipinski definition) is 4. The highest BCUT2D eigenvalue weighted by Crippen LogP contribution is 2.28. The lowest BCUT2D eigenvalue weighted by Crippen LogP contribution is -2.50. The first kappa shape index (κ1) is 14.9. The van der Waals surface area contributed by atoms with E-state index >= 15 is 0 Å². The molecular formula is C14H20ClN3O2. The van der Waals surface area contributed by atoms with Crippen molar-refractivity contribution in [2.45, 2.75) is 13.8 Å². The van der Waals surface area contributed by atoms with Gasteiger partial charge < -0.3 is 14.5 Å². The molecular weight excluding hydrogens is 278 g/mol. The van der Waals surface area contributed by atoms with Gasteiger partial charge in [-0.15, -0.1) is 0 Å². The Kier molecular flexibility index (Phi) is 4.70. The predicted octanol–water partition coefficient (Wildman–Crippen LogP) is 2.05. The number of carbonyl (C=O) groups excluding carboxylic acids is 1. The number of hydrogen-bond donors (Lipinski definition) is 0. The number of halogens is 1. The van der Waals surface area contributed by atoms with E-state index in [9.17, 15) is 4.79 Å². The number of nitrogens with zero attached hydrogens (tertiary/aromatic N) is 3. The largest absolute Gasteiger partial charge is 0.493 e. The molecule has 110 valence electrons. The van der Waals surface area contributed by atoms with E-state index in [0.717, 1.165) is 18.9 Å². The summed E-state index contributed by atoms with van der Waals surface area (Å²) >= 11 is 5.96. The van der Waals surface area contributed by atoms with Crippen LogP contribution in [-0.2, 0) is 4.79 Å². The van der Waals surface area contributed by atoms with Crippen LogP contribution in [-0.4, -0.2) is 49.1 Å². The van der Waals surface area contributed by atoms with Crippen LogP contribution in [0.5, 0.6) is 5.75 Å². The molecule has 0 spiro atoms. The highest BCUT2D eigenvalue weighted by molar-refractivity contribution is 6.29. The van der Waals surface area contributed by atoms with E-state index < -0.39 is 0 Å². The van der Waals surface area contributed by atoms with Gasteiger partial charge in [0.05, 0.1) is 7.11 Å². The standard InChI is InChI=1S/C14H20ClN3O2/c1-10(2)14(19)18-8-6-17(7-9-18)13-11(20-3)4-5-12(15)16-13/h4-5,10H,6-9H2,1-3H3. The van der Waals surface area contributed by atoms with Crippen molar-refractivity contribution in [3.8, 4) is 5.75 Å². The van der Waals surface area contributed by atoms with Crippen molar-refractivity contribution >= 4 is 23.3 Å². The zero-order valence-corrected chi connectivity index (χ0v) is 12.9. The molecule has 0 radical (unpaired) electrons. The zero-order chi connectivity index (χ0) is 14.7. The molecule has 0 aromatic carbocycles. The predicted molar refractivity (Wildman–Crippen MR) is 79.4 cm³/mol. The van der Waals surface area contributed by atoms with Crippen molar-refractivity contribution in [1.82, 2.24) is 9.88 Å². The average molecular weight is 298 g/mol. The Morgan fingerprint density at radius 3 is 2.50 bits per heavy atom. The molecule has 0 N–H and O–H groups in total. The molecule has 2 rings (SSSR count). The summed E-state index contributed by atoms with van der Waals surface area (Å²) in [5, 5.41) is 0.446. The molecule has 0 bridgehead atoms. The van der Waals surface area contributed by atoms with Crippen LogP contribution in [0.4, 0.5) is 5.82 Å². The van der Waals surface area contributed by atoms with E-state index in [1.807, 2.05) is 24.8 Å². The Balaban J connectivity index is 2.07. The van der Waals surface area contributed by atoms with Crippen molar-refractivity contribution in [2.24, 2.45) is 5.92 Å². The van der Waals surface area contributed by atoms with Crippen LogP contribution in [0.15, 0.2) is 12.1 Å². The number of ether oxygens (including phenoxy) is 1. The number of carbonyl (C=O) groups is 1. The van der Waals surface area contributed by atoms with Gasteiger partial charge in [0, 0.05) is 32.1 Å². The lowest BCUT2D eigenvalue weighted by molar-refractivity contribution is -0.134. The van der Waals surface area contributed by atoms with Gasteiger partial charge in [-0.25, -0.2) is 4.98 Å². The number of amides is 1. The summed E-state index contributed by atoms with van der Waals surface area (Å²) in [6.07, 6.45) is 0. The number of pyridine rings is 1. The van der Waals surface area contributed by atoms with Crippen molar-refractivity contribution in [3.63, 3.8) is 0 Å². The minimum Gasteiger partial charge on any atom is -0.493 e. The molecule has 1 aromatic rings. The Morgan fingerprint density at radius 1 is 1.30 bits per heavy atom. The highest BCUT2D eigenvalue weighted by Gasteiger charge is 2.25. The van der Waals surface area contributed by atoms with E-state index in [0.29, 0.717) is 24.0 Å². The van der Waals surface area contributed by atoms with Gasteiger partial charge in [-0.05, 0) is 12.1 Å². The molecule has 6 heteroatoms. The van der Waals surface area contributed by atoms with Gasteiger partial charge >= 0.3 is 0 Å². The van der Waals surface area contributed by atoms with Gasteiger partial charge in [-0.2, -0.15) is 0 Å². The number of anilines is 1. The van der Waals surface area contributed by atoms with Gasteiger partial charge in [-0.3, -0.25) is 4.79 Å². The van der Waals surface area contributed by atoms with Gasteiger partial charge in [0.25, 0.3) is 0 Å². The second kappa shape index (κ2) is 6.31. The fourth-order valence-electron chi connectivity index (χ4n) is 2.30. The Hall–Kier alpha value is -1.49. The summed E-state index contributed by atoms with van der Waals surface area (Å²) < 4.78 is 5.32. The Morgan fingerprint density at radius 2 is 1.95 bits per heavy atom. The molecule has 0 unspecified atom stereocenters. The maximum absolute atomic E-state index is 12.0. The molecule has 1 aromatic heterocycles. The summed E-state index contributed by atoms with van der Waals surface area (Å²) in [6, 6.07) is 3.53. The van der Waals surface area contributed by atoms with E-state index in [2.05, 4.69) is 9.88 Å². The SMILES string of the molecule is COc1ccc(Cl)nc1N1CCN(C(=O)C(C)C)CC1. The fourth-order valence-corrected chi connectivity index (χ4v) is 2.45. The minimum atomic E-state index is 0.0420. The first-order chi connectivity index (χ1) is 9.52. The van der Waals surface area contributed by atoms with Crippen LogP contribution in [0.2, 0.25) is 5.15 Å². The van der Waals surface area contributed by atoms with Gasteiger partial charge in [0.15, 0.2) is 11.6 Å². The lowest BCUT2D eigenvalue weighted by atomic mass is 10.1. The van der Waals surface area contributed by atoms with E-state index in [1.165, 1.54) is 0 Å². The van der Waals surface area contributed by atoms with Crippen LogP contribution >= 0.6 is 11.6 Å². The van der Waals surface area contributed by atoms with Crippen LogP contribution in [0, 0.1) is 5.92 Å². The van der Waals surface area contributed by atoms with Gasteiger partial charge in [0.2, 0.25) is 5.91 Å². The minimum absolute atomic E-state index is 0.0420. The number of aromatic nitrogens is 1. The number of rotatable bonds is 3. The quantitative estimate of drug-likeness (QED) is 0.801.